The van der Waals surface area contributed by atoms with Crippen LogP contribution < -0.4 is 5.73 Å². The second-order valence-electron chi connectivity index (χ2n) is 6.22. The summed E-state index contributed by atoms with van der Waals surface area (Å²) in [5.41, 5.74) is 5.69. The summed E-state index contributed by atoms with van der Waals surface area (Å²) in [6.45, 7) is 6.85. The summed E-state index contributed by atoms with van der Waals surface area (Å²) in [5.74, 6) is 0. The van der Waals surface area contributed by atoms with Crippen LogP contribution in [0.2, 0.25) is 0 Å². The van der Waals surface area contributed by atoms with Crippen molar-refractivity contribution >= 4 is 6.09 Å². The van der Waals surface area contributed by atoms with Crippen LogP contribution in [0, 0.1) is 0 Å². The average Bonchev–Trinajstić information content (AvgIpc) is 2.30. The SMILES string of the molecule is COCCOC(=O)N(C1CCC(N)CC1)C(C)(C)C. The molecule has 2 N–H and O–H groups in total. The van der Waals surface area contributed by atoms with Crippen molar-refractivity contribution in [2.45, 2.75) is 64.1 Å². The number of carbonyl (C=O) groups is 1. The Hall–Kier alpha value is -0.810. The summed E-state index contributed by atoms with van der Waals surface area (Å²) in [5, 5.41) is 0. The summed E-state index contributed by atoms with van der Waals surface area (Å²) < 4.78 is 10.2. The highest BCUT2D eigenvalue weighted by Gasteiger charge is 2.36. The van der Waals surface area contributed by atoms with Crippen molar-refractivity contribution in [3.8, 4) is 0 Å². The van der Waals surface area contributed by atoms with Crippen molar-refractivity contribution in [3.05, 3.63) is 0 Å². The molecule has 5 nitrogen and oxygen atoms in total. The van der Waals surface area contributed by atoms with Crippen LogP contribution in [0.4, 0.5) is 4.79 Å². The molecular formula is C14H28N2O3. The Morgan fingerprint density at radius 3 is 2.26 bits per heavy atom. The molecule has 0 atom stereocenters. The van der Waals surface area contributed by atoms with Gasteiger partial charge >= 0.3 is 6.09 Å². The minimum absolute atomic E-state index is 0.231. The largest absolute Gasteiger partial charge is 0.447 e. The first-order valence-corrected chi connectivity index (χ1v) is 7.07. The Morgan fingerprint density at radius 2 is 1.79 bits per heavy atom. The summed E-state index contributed by atoms with van der Waals surface area (Å²) in [4.78, 5) is 14.1. The van der Waals surface area contributed by atoms with Crippen LogP contribution in [0.5, 0.6) is 0 Å². The fourth-order valence-electron chi connectivity index (χ4n) is 2.61. The van der Waals surface area contributed by atoms with Gasteiger partial charge in [0.25, 0.3) is 0 Å². The van der Waals surface area contributed by atoms with Crippen molar-refractivity contribution in [1.82, 2.24) is 4.90 Å². The number of hydrogen-bond acceptors (Lipinski definition) is 4. The molecule has 0 radical (unpaired) electrons. The Labute approximate surface area is 116 Å². The molecule has 1 amide bonds. The molecule has 1 rings (SSSR count). The third-order valence-corrected chi connectivity index (χ3v) is 3.54. The number of methoxy groups -OCH3 is 1. The topological polar surface area (TPSA) is 64.8 Å². The van der Waals surface area contributed by atoms with E-state index >= 15 is 0 Å². The summed E-state index contributed by atoms with van der Waals surface area (Å²) in [6.07, 6.45) is 3.62. The molecule has 0 heterocycles. The van der Waals surface area contributed by atoms with E-state index in [0.717, 1.165) is 25.7 Å². The lowest BCUT2D eigenvalue weighted by atomic mass is 9.88. The molecule has 0 bridgehead atoms. The third kappa shape index (κ3) is 4.99. The predicted octanol–water partition coefficient (Wildman–Crippen LogP) is 2.14. The van der Waals surface area contributed by atoms with Crippen LogP contribution in [0.15, 0.2) is 0 Å². The smallest absolute Gasteiger partial charge is 0.410 e. The molecule has 0 aromatic heterocycles. The molecule has 5 heteroatoms. The second-order valence-corrected chi connectivity index (χ2v) is 6.22. The maximum Gasteiger partial charge on any atom is 0.410 e. The maximum atomic E-state index is 12.3. The van der Waals surface area contributed by atoms with Gasteiger partial charge in [-0.1, -0.05) is 0 Å². The van der Waals surface area contributed by atoms with Gasteiger partial charge in [-0.15, -0.1) is 0 Å². The molecule has 1 fully saturated rings. The first-order valence-electron chi connectivity index (χ1n) is 7.07. The second kappa shape index (κ2) is 7.10. The van der Waals surface area contributed by atoms with E-state index in [1.54, 1.807) is 7.11 Å². The molecule has 1 aliphatic rings. The zero-order chi connectivity index (χ0) is 14.5. The van der Waals surface area contributed by atoms with E-state index in [0.29, 0.717) is 13.2 Å². The third-order valence-electron chi connectivity index (χ3n) is 3.54. The highest BCUT2D eigenvalue weighted by molar-refractivity contribution is 5.69. The van der Waals surface area contributed by atoms with Crippen molar-refractivity contribution in [2.75, 3.05) is 20.3 Å². The number of amides is 1. The van der Waals surface area contributed by atoms with Gasteiger partial charge in [0.2, 0.25) is 0 Å². The molecule has 1 saturated carbocycles. The fourth-order valence-corrected chi connectivity index (χ4v) is 2.61. The van der Waals surface area contributed by atoms with E-state index in [1.165, 1.54) is 0 Å². The molecule has 0 aliphatic heterocycles. The minimum Gasteiger partial charge on any atom is -0.447 e. The van der Waals surface area contributed by atoms with Crippen molar-refractivity contribution in [1.29, 1.82) is 0 Å². The molecule has 0 aromatic carbocycles. The molecule has 19 heavy (non-hydrogen) atoms. The zero-order valence-electron chi connectivity index (χ0n) is 12.6. The van der Waals surface area contributed by atoms with E-state index in [2.05, 4.69) is 0 Å². The summed E-state index contributed by atoms with van der Waals surface area (Å²) in [6, 6.07) is 0.512. The number of rotatable bonds is 4. The van der Waals surface area contributed by atoms with Gasteiger partial charge in [0, 0.05) is 24.7 Å². The molecule has 0 spiro atoms. The summed E-state index contributed by atoms with van der Waals surface area (Å²) >= 11 is 0. The predicted molar refractivity (Wildman–Crippen MR) is 75.0 cm³/mol. The van der Waals surface area contributed by atoms with Gasteiger partial charge in [0.1, 0.15) is 6.61 Å². The quantitative estimate of drug-likeness (QED) is 0.796. The van der Waals surface area contributed by atoms with Crippen LogP contribution in [-0.4, -0.2) is 48.9 Å². The number of nitrogens with two attached hydrogens (primary N) is 1. The van der Waals surface area contributed by atoms with Crippen molar-refractivity contribution in [3.63, 3.8) is 0 Å². The molecule has 0 aromatic rings. The molecule has 112 valence electrons. The van der Waals surface area contributed by atoms with Gasteiger partial charge in [-0.05, 0) is 46.5 Å². The van der Waals surface area contributed by atoms with E-state index < -0.39 is 0 Å². The number of hydrogen-bond donors (Lipinski definition) is 1. The fraction of sp³-hybridized carbons (Fsp3) is 0.929. The Bertz CT molecular complexity index is 281. The van der Waals surface area contributed by atoms with Gasteiger partial charge in [-0.3, -0.25) is 0 Å². The van der Waals surface area contributed by atoms with Crippen LogP contribution in [-0.2, 0) is 9.47 Å². The highest BCUT2D eigenvalue weighted by Crippen LogP contribution is 2.28. The van der Waals surface area contributed by atoms with Gasteiger partial charge in [0.05, 0.1) is 6.61 Å². The molecule has 0 unspecified atom stereocenters. The number of nitrogens with zero attached hydrogens (tertiary/aromatic N) is 1. The minimum atomic E-state index is -0.245. The Balaban J connectivity index is 2.64. The van der Waals surface area contributed by atoms with Crippen molar-refractivity contribution in [2.24, 2.45) is 5.73 Å². The Kier molecular flexibility index (Phi) is 6.07. The normalized spacial score (nSPS) is 24.1. The van der Waals surface area contributed by atoms with E-state index in [4.69, 9.17) is 15.2 Å². The molecule has 1 aliphatic carbocycles. The molecule has 0 saturated heterocycles. The van der Waals surface area contributed by atoms with Gasteiger partial charge in [-0.2, -0.15) is 0 Å². The summed E-state index contributed by atoms with van der Waals surface area (Å²) in [7, 11) is 1.60. The average molecular weight is 272 g/mol. The zero-order valence-corrected chi connectivity index (χ0v) is 12.6. The number of ether oxygens (including phenoxy) is 2. The lowest BCUT2D eigenvalue weighted by Gasteiger charge is -2.43. The van der Waals surface area contributed by atoms with Crippen molar-refractivity contribution < 1.29 is 14.3 Å². The van der Waals surface area contributed by atoms with E-state index in [1.807, 2.05) is 25.7 Å². The first kappa shape index (κ1) is 16.2. The van der Waals surface area contributed by atoms with E-state index in [-0.39, 0.29) is 23.7 Å². The lowest BCUT2D eigenvalue weighted by Crippen LogP contribution is -2.53. The lowest BCUT2D eigenvalue weighted by molar-refractivity contribution is 0.0209. The van der Waals surface area contributed by atoms with Crippen LogP contribution in [0.3, 0.4) is 0 Å². The Morgan fingerprint density at radius 1 is 1.21 bits per heavy atom. The van der Waals surface area contributed by atoms with E-state index in [9.17, 15) is 4.79 Å². The highest BCUT2D eigenvalue weighted by atomic mass is 16.6. The van der Waals surface area contributed by atoms with Gasteiger partial charge in [-0.25, -0.2) is 4.79 Å². The van der Waals surface area contributed by atoms with Crippen LogP contribution >= 0.6 is 0 Å². The molecular weight excluding hydrogens is 244 g/mol. The van der Waals surface area contributed by atoms with Crippen LogP contribution in [0.25, 0.3) is 0 Å². The van der Waals surface area contributed by atoms with Gasteiger partial charge < -0.3 is 20.1 Å². The first-order chi connectivity index (χ1) is 8.86. The number of carbonyl (C=O) groups excluding carboxylic acids is 1. The monoisotopic (exact) mass is 272 g/mol. The standard InChI is InChI=1S/C14H28N2O3/c1-14(2,3)16(13(17)19-10-9-18-4)12-7-5-11(15)6-8-12/h11-12H,5-10,15H2,1-4H3. The maximum absolute atomic E-state index is 12.3. The van der Waals surface area contributed by atoms with Crippen LogP contribution in [0.1, 0.15) is 46.5 Å². The van der Waals surface area contributed by atoms with Gasteiger partial charge in [0.15, 0.2) is 0 Å².